The van der Waals surface area contributed by atoms with E-state index < -0.39 is 6.23 Å². The fourth-order valence-corrected chi connectivity index (χ4v) is 2.77. The molecule has 6 heteroatoms. The summed E-state index contributed by atoms with van der Waals surface area (Å²) < 4.78 is 5.17. The summed E-state index contributed by atoms with van der Waals surface area (Å²) in [6, 6.07) is 12.5. The first-order chi connectivity index (χ1) is 12.0. The van der Waals surface area contributed by atoms with Gasteiger partial charge in [0.05, 0.1) is 12.8 Å². The van der Waals surface area contributed by atoms with Crippen LogP contribution < -0.4 is 15.0 Å². The summed E-state index contributed by atoms with van der Waals surface area (Å²) in [6.07, 6.45) is 0.0902. The SMILES string of the molecule is COc1ccc(N(C(C)C)C(O)Cc2ccc(O)c(NC=O)c2)cc1. The summed E-state index contributed by atoms with van der Waals surface area (Å²) in [4.78, 5) is 12.5. The molecule has 0 saturated heterocycles. The first-order valence-electron chi connectivity index (χ1n) is 8.08. The minimum absolute atomic E-state index is 0.0128. The van der Waals surface area contributed by atoms with Crippen molar-refractivity contribution in [2.24, 2.45) is 0 Å². The summed E-state index contributed by atoms with van der Waals surface area (Å²) in [6.45, 7) is 4.01. The molecule has 3 N–H and O–H groups in total. The number of benzene rings is 2. The van der Waals surface area contributed by atoms with Crippen LogP contribution in [0.1, 0.15) is 19.4 Å². The van der Waals surface area contributed by atoms with Gasteiger partial charge >= 0.3 is 0 Å². The molecular formula is C19H24N2O4. The number of amides is 1. The van der Waals surface area contributed by atoms with E-state index in [1.54, 1.807) is 19.2 Å². The van der Waals surface area contributed by atoms with E-state index in [9.17, 15) is 15.0 Å². The Morgan fingerprint density at radius 1 is 1.20 bits per heavy atom. The Hall–Kier alpha value is -2.73. The fraction of sp³-hybridized carbons (Fsp3) is 0.316. The number of anilines is 2. The quantitative estimate of drug-likeness (QED) is 0.390. The minimum Gasteiger partial charge on any atom is -0.506 e. The molecule has 0 aliphatic carbocycles. The Kier molecular flexibility index (Phi) is 6.25. The standard InChI is InChI=1S/C19H24N2O4/c1-13(2)21(15-5-7-16(25-3)8-6-15)19(24)11-14-4-9-18(23)17(10-14)20-12-22/h4-10,12-13,19,23-24H,11H2,1-3H3,(H,20,22). The number of carbonyl (C=O) groups is 1. The zero-order chi connectivity index (χ0) is 18.4. The molecule has 0 aromatic heterocycles. The van der Waals surface area contributed by atoms with Gasteiger partial charge in [-0.25, -0.2) is 0 Å². The predicted molar refractivity (Wildman–Crippen MR) is 98.1 cm³/mol. The normalized spacial score (nSPS) is 11.9. The molecule has 0 fully saturated rings. The van der Waals surface area contributed by atoms with Crippen LogP contribution in [-0.4, -0.2) is 36.0 Å². The number of nitrogens with one attached hydrogen (secondary N) is 1. The number of phenolic OH excluding ortho intramolecular Hbond substituents is 1. The van der Waals surface area contributed by atoms with Crippen molar-refractivity contribution < 1.29 is 19.7 Å². The molecule has 0 aliphatic heterocycles. The van der Waals surface area contributed by atoms with Crippen molar-refractivity contribution in [2.45, 2.75) is 32.5 Å². The third-order valence-electron chi connectivity index (χ3n) is 3.94. The molecule has 0 heterocycles. The van der Waals surface area contributed by atoms with Crippen LogP contribution >= 0.6 is 0 Å². The molecule has 0 saturated carbocycles. The van der Waals surface area contributed by atoms with Gasteiger partial charge in [0, 0.05) is 18.2 Å². The molecule has 6 nitrogen and oxygen atoms in total. The Morgan fingerprint density at radius 2 is 1.88 bits per heavy atom. The lowest BCUT2D eigenvalue weighted by atomic mass is 10.1. The summed E-state index contributed by atoms with van der Waals surface area (Å²) in [5, 5.41) is 22.9. The van der Waals surface area contributed by atoms with E-state index in [1.165, 1.54) is 6.07 Å². The van der Waals surface area contributed by atoms with E-state index in [-0.39, 0.29) is 11.8 Å². The van der Waals surface area contributed by atoms with Gasteiger partial charge in [-0.1, -0.05) is 6.07 Å². The molecule has 0 radical (unpaired) electrons. The highest BCUT2D eigenvalue weighted by Crippen LogP contribution is 2.27. The number of hydrogen-bond donors (Lipinski definition) is 3. The van der Waals surface area contributed by atoms with Gasteiger partial charge in [-0.3, -0.25) is 4.79 Å². The van der Waals surface area contributed by atoms with E-state index in [0.29, 0.717) is 18.5 Å². The maximum Gasteiger partial charge on any atom is 0.211 e. The second kappa shape index (κ2) is 8.39. The predicted octanol–water partition coefficient (Wildman–Crippen LogP) is 2.75. The highest BCUT2D eigenvalue weighted by Gasteiger charge is 2.20. The van der Waals surface area contributed by atoms with Crippen LogP contribution in [0.2, 0.25) is 0 Å². The van der Waals surface area contributed by atoms with Gasteiger partial charge in [0.2, 0.25) is 6.41 Å². The van der Waals surface area contributed by atoms with Crippen LogP contribution in [0.25, 0.3) is 0 Å². The number of carbonyl (C=O) groups excluding carboxylic acids is 1. The van der Waals surface area contributed by atoms with Gasteiger partial charge in [-0.15, -0.1) is 0 Å². The van der Waals surface area contributed by atoms with Gasteiger partial charge in [-0.2, -0.15) is 0 Å². The first kappa shape index (κ1) is 18.6. The maximum atomic E-state index is 10.7. The molecule has 0 aliphatic rings. The number of nitrogens with zero attached hydrogens (tertiary/aromatic N) is 1. The number of rotatable bonds is 8. The lowest BCUT2D eigenvalue weighted by molar-refractivity contribution is -0.105. The topological polar surface area (TPSA) is 82.0 Å². The van der Waals surface area contributed by atoms with Gasteiger partial charge < -0.3 is 25.2 Å². The number of hydrogen-bond acceptors (Lipinski definition) is 5. The Morgan fingerprint density at radius 3 is 2.44 bits per heavy atom. The van der Waals surface area contributed by atoms with Crippen LogP contribution in [0.5, 0.6) is 11.5 Å². The molecule has 1 atom stereocenters. The van der Waals surface area contributed by atoms with Crippen LogP contribution in [0.4, 0.5) is 11.4 Å². The third-order valence-corrected chi connectivity index (χ3v) is 3.94. The van der Waals surface area contributed by atoms with Crippen molar-refractivity contribution >= 4 is 17.8 Å². The van der Waals surface area contributed by atoms with Crippen LogP contribution in [0.15, 0.2) is 42.5 Å². The Balaban J connectivity index is 2.21. The number of phenols is 1. The van der Waals surface area contributed by atoms with Crippen molar-refractivity contribution in [1.29, 1.82) is 0 Å². The van der Waals surface area contributed by atoms with Gasteiger partial charge in [0.25, 0.3) is 0 Å². The largest absolute Gasteiger partial charge is 0.506 e. The summed E-state index contributed by atoms with van der Waals surface area (Å²) >= 11 is 0. The molecule has 0 bridgehead atoms. The second-order valence-electron chi connectivity index (χ2n) is 6.00. The van der Waals surface area contributed by atoms with Crippen molar-refractivity contribution in [2.75, 3.05) is 17.3 Å². The van der Waals surface area contributed by atoms with E-state index in [1.807, 2.05) is 43.0 Å². The smallest absolute Gasteiger partial charge is 0.211 e. The van der Waals surface area contributed by atoms with E-state index >= 15 is 0 Å². The van der Waals surface area contributed by atoms with E-state index in [0.717, 1.165) is 17.0 Å². The average molecular weight is 344 g/mol. The average Bonchev–Trinajstić information content (AvgIpc) is 2.58. The zero-order valence-electron chi connectivity index (χ0n) is 14.6. The summed E-state index contributed by atoms with van der Waals surface area (Å²) in [5.41, 5.74) is 2.00. The molecule has 25 heavy (non-hydrogen) atoms. The fourth-order valence-electron chi connectivity index (χ4n) is 2.77. The van der Waals surface area contributed by atoms with Crippen molar-refractivity contribution in [3.63, 3.8) is 0 Å². The molecular weight excluding hydrogens is 320 g/mol. The van der Waals surface area contributed by atoms with Gasteiger partial charge in [0.15, 0.2) is 0 Å². The third kappa shape index (κ3) is 4.64. The molecule has 134 valence electrons. The maximum absolute atomic E-state index is 10.7. The molecule has 1 amide bonds. The Bertz CT molecular complexity index is 701. The molecule has 2 rings (SSSR count). The zero-order valence-corrected chi connectivity index (χ0v) is 14.6. The number of ether oxygens (including phenoxy) is 1. The number of aliphatic hydroxyl groups excluding tert-OH is 1. The monoisotopic (exact) mass is 344 g/mol. The lowest BCUT2D eigenvalue weighted by Crippen LogP contribution is -2.41. The van der Waals surface area contributed by atoms with Crippen LogP contribution in [0, 0.1) is 0 Å². The molecule has 1 unspecified atom stereocenters. The van der Waals surface area contributed by atoms with Gasteiger partial charge in [-0.05, 0) is 55.8 Å². The number of aliphatic hydroxyl groups is 1. The van der Waals surface area contributed by atoms with Crippen molar-refractivity contribution in [3.8, 4) is 11.5 Å². The highest BCUT2D eigenvalue weighted by atomic mass is 16.5. The van der Waals surface area contributed by atoms with Crippen molar-refractivity contribution in [1.82, 2.24) is 0 Å². The number of methoxy groups -OCH3 is 1. The van der Waals surface area contributed by atoms with E-state index in [2.05, 4.69) is 5.32 Å². The van der Waals surface area contributed by atoms with Crippen LogP contribution in [-0.2, 0) is 11.2 Å². The molecule has 2 aromatic rings. The Labute approximate surface area is 147 Å². The minimum atomic E-state index is -0.762. The van der Waals surface area contributed by atoms with E-state index in [4.69, 9.17) is 4.74 Å². The first-order valence-corrected chi connectivity index (χ1v) is 8.08. The number of aromatic hydroxyl groups is 1. The molecule has 0 spiro atoms. The van der Waals surface area contributed by atoms with Crippen LogP contribution in [0.3, 0.4) is 0 Å². The van der Waals surface area contributed by atoms with Crippen molar-refractivity contribution in [3.05, 3.63) is 48.0 Å². The molecule has 2 aromatic carbocycles. The second-order valence-corrected chi connectivity index (χ2v) is 6.00. The highest BCUT2D eigenvalue weighted by molar-refractivity contribution is 5.75. The lowest BCUT2D eigenvalue weighted by Gasteiger charge is -2.34. The summed E-state index contributed by atoms with van der Waals surface area (Å²) in [5.74, 6) is 0.742. The summed E-state index contributed by atoms with van der Waals surface area (Å²) in [7, 11) is 1.61. The van der Waals surface area contributed by atoms with Gasteiger partial charge in [0.1, 0.15) is 17.7 Å².